The van der Waals surface area contributed by atoms with Crippen molar-refractivity contribution < 1.29 is 21.6 Å². The van der Waals surface area contributed by atoms with Gasteiger partial charge in [-0.25, -0.2) is 18.1 Å². The second-order valence-corrected chi connectivity index (χ2v) is 7.62. The Balaban J connectivity index is 2.09. The molecule has 0 atom stereocenters. The number of aromatic nitrogens is 1. The number of sulfonamides is 1. The highest BCUT2D eigenvalue weighted by atomic mass is 32.2. The molecule has 0 fully saturated rings. The zero-order valence-corrected chi connectivity index (χ0v) is 13.8. The molecular formula is C14H12F3N3O2S2. The molecule has 5 nitrogen and oxygen atoms in total. The summed E-state index contributed by atoms with van der Waals surface area (Å²) in [6.45, 7) is -0.708. The van der Waals surface area contributed by atoms with Gasteiger partial charge >= 0.3 is 6.18 Å². The predicted octanol–water partition coefficient (Wildman–Crippen LogP) is 3.11. The van der Waals surface area contributed by atoms with E-state index in [4.69, 9.17) is 5.26 Å². The van der Waals surface area contributed by atoms with Crippen molar-refractivity contribution in [3.8, 4) is 16.5 Å². The van der Waals surface area contributed by atoms with Gasteiger partial charge in [0.1, 0.15) is 5.01 Å². The van der Waals surface area contributed by atoms with Gasteiger partial charge in [0.25, 0.3) is 0 Å². The van der Waals surface area contributed by atoms with E-state index in [0.717, 1.165) is 4.88 Å². The van der Waals surface area contributed by atoms with Crippen molar-refractivity contribution in [2.75, 3.05) is 6.54 Å². The molecule has 24 heavy (non-hydrogen) atoms. The Morgan fingerprint density at radius 3 is 2.50 bits per heavy atom. The van der Waals surface area contributed by atoms with Gasteiger partial charge in [-0.05, 0) is 17.7 Å². The second kappa shape index (κ2) is 7.29. The van der Waals surface area contributed by atoms with Gasteiger partial charge in [0, 0.05) is 12.7 Å². The number of nitrogens with one attached hydrogen (secondary N) is 1. The van der Waals surface area contributed by atoms with Crippen molar-refractivity contribution in [1.29, 1.82) is 5.26 Å². The summed E-state index contributed by atoms with van der Waals surface area (Å²) >= 11 is 1.32. The first-order chi connectivity index (χ1) is 11.2. The number of hydrogen-bond acceptors (Lipinski definition) is 5. The predicted molar refractivity (Wildman–Crippen MR) is 82.7 cm³/mol. The monoisotopic (exact) mass is 375 g/mol. The maximum Gasteiger partial charge on any atom is 0.390 e. The minimum absolute atomic E-state index is 0.116. The summed E-state index contributed by atoms with van der Waals surface area (Å²) in [5.41, 5.74) is 0.714. The lowest BCUT2D eigenvalue weighted by molar-refractivity contribution is -0.132. The van der Waals surface area contributed by atoms with Crippen molar-refractivity contribution in [2.24, 2.45) is 0 Å². The van der Waals surface area contributed by atoms with E-state index in [2.05, 4.69) is 4.98 Å². The lowest BCUT2D eigenvalue weighted by Gasteiger charge is -2.09. The summed E-state index contributed by atoms with van der Waals surface area (Å²) in [5, 5.41) is 9.27. The molecule has 2 aromatic rings. The lowest BCUT2D eigenvalue weighted by atomic mass is 10.2. The average Bonchev–Trinajstić information content (AvgIpc) is 2.95. The number of halogens is 3. The number of hydrogen-bond donors (Lipinski definition) is 1. The van der Waals surface area contributed by atoms with Crippen LogP contribution in [0.25, 0.3) is 10.4 Å². The molecule has 1 aromatic carbocycles. The summed E-state index contributed by atoms with van der Waals surface area (Å²) in [7, 11) is -3.99. The van der Waals surface area contributed by atoms with Crippen molar-refractivity contribution in [3.05, 3.63) is 35.5 Å². The topological polar surface area (TPSA) is 82.8 Å². The van der Waals surface area contributed by atoms with E-state index in [1.807, 2.05) is 10.8 Å². The Morgan fingerprint density at radius 2 is 1.92 bits per heavy atom. The van der Waals surface area contributed by atoms with E-state index in [0.29, 0.717) is 10.6 Å². The third-order valence-electron chi connectivity index (χ3n) is 2.93. The fourth-order valence-electron chi connectivity index (χ4n) is 1.80. The lowest BCUT2D eigenvalue weighted by Crippen LogP contribution is -2.28. The molecule has 1 aromatic heterocycles. The van der Waals surface area contributed by atoms with Crippen LogP contribution in [0.4, 0.5) is 13.2 Å². The third-order valence-corrected chi connectivity index (χ3v) is 5.46. The van der Waals surface area contributed by atoms with Crippen LogP contribution < -0.4 is 4.72 Å². The molecule has 0 radical (unpaired) electrons. The summed E-state index contributed by atoms with van der Waals surface area (Å²) in [4.78, 5) is 4.73. The molecule has 0 aliphatic rings. The van der Waals surface area contributed by atoms with E-state index in [1.54, 1.807) is 18.3 Å². The van der Waals surface area contributed by atoms with Gasteiger partial charge in [-0.1, -0.05) is 12.1 Å². The largest absolute Gasteiger partial charge is 0.390 e. The molecule has 2 rings (SSSR count). The van der Waals surface area contributed by atoms with E-state index in [-0.39, 0.29) is 11.3 Å². The minimum atomic E-state index is -4.42. The highest BCUT2D eigenvalue weighted by molar-refractivity contribution is 7.89. The van der Waals surface area contributed by atoms with Crippen LogP contribution in [-0.2, 0) is 16.4 Å². The van der Waals surface area contributed by atoms with E-state index in [1.165, 1.54) is 23.5 Å². The van der Waals surface area contributed by atoms with Crippen LogP contribution in [0.5, 0.6) is 0 Å². The summed E-state index contributed by atoms with van der Waals surface area (Å²) in [6.07, 6.45) is -3.87. The SMILES string of the molecule is N#CCc1ncc(-c2ccc(S(=O)(=O)NCCC(F)(F)F)cc2)s1. The van der Waals surface area contributed by atoms with Crippen molar-refractivity contribution in [1.82, 2.24) is 9.71 Å². The van der Waals surface area contributed by atoms with E-state index < -0.39 is 29.2 Å². The number of nitrogens with zero attached hydrogens (tertiary/aromatic N) is 2. The zero-order valence-electron chi connectivity index (χ0n) is 12.2. The fourth-order valence-corrected chi connectivity index (χ4v) is 3.69. The molecule has 0 amide bonds. The van der Waals surface area contributed by atoms with Gasteiger partial charge in [0.05, 0.1) is 28.7 Å². The number of thiazole rings is 1. The summed E-state index contributed by atoms with van der Waals surface area (Å²) in [6, 6.07) is 7.70. The number of benzene rings is 1. The summed E-state index contributed by atoms with van der Waals surface area (Å²) in [5.74, 6) is 0. The molecule has 0 bridgehead atoms. The second-order valence-electron chi connectivity index (χ2n) is 4.74. The quantitative estimate of drug-likeness (QED) is 0.841. The van der Waals surface area contributed by atoms with Gasteiger partial charge in [-0.2, -0.15) is 18.4 Å². The van der Waals surface area contributed by atoms with Crippen LogP contribution in [0, 0.1) is 11.3 Å². The van der Waals surface area contributed by atoms with Crippen LogP contribution in [0.3, 0.4) is 0 Å². The highest BCUT2D eigenvalue weighted by Gasteiger charge is 2.27. The minimum Gasteiger partial charge on any atom is -0.248 e. The number of rotatable bonds is 6. The molecule has 128 valence electrons. The van der Waals surface area contributed by atoms with Crippen LogP contribution in [0.2, 0.25) is 0 Å². The first-order valence-electron chi connectivity index (χ1n) is 6.70. The molecule has 0 aliphatic heterocycles. The average molecular weight is 375 g/mol. The van der Waals surface area contributed by atoms with Crippen LogP contribution in [0.1, 0.15) is 11.4 Å². The number of nitriles is 1. The van der Waals surface area contributed by atoms with Gasteiger partial charge in [-0.15, -0.1) is 11.3 Å². The van der Waals surface area contributed by atoms with Gasteiger partial charge < -0.3 is 0 Å². The Bertz CT molecular complexity index is 837. The van der Waals surface area contributed by atoms with Gasteiger partial charge in [0.2, 0.25) is 10.0 Å². The highest BCUT2D eigenvalue weighted by Crippen LogP contribution is 2.27. The molecule has 0 unspecified atom stereocenters. The normalized spacial score (nSPS) is 12.1. The standard InChI is InChI=1S/C14H12F3N3O2S2/c15-14(16,17)6-8-20-24(21,22)11-3-1-10(2-4-11)12-9-19-13(23-12)5-7-18/h1-4,9,20H,5-6,8H2. The Hall–Kier alpha value is -1.96. The fraction of sp³-hybridized carbons (Fsp3) is 0.286. The molecule has 0 aliphatic carbocycles. The van der Waals surface area contributed by atoms with Gasteiger partial charge in [-0.3, -0.25) is 0 Å². The van der Waals surface area contributed by atoms with E-state index >= 15 is 0 Å². The first-order valence-corrected chi connectivity index (χ1v) is 9.00. The molecule has 1 N–H and O–H groups in total. The molecule has 1 heterocycles. The Morgan fingerprint density at radius 1 is 1.25 bits per heavy atom. The van der Waals surface area contributed by atoms with Crippen LogP contribution >= 0.6 is 11.3 Å². The van der Waals surface area contributed by atoms with Crippen molar-refractivity contribution in [2.45, 2.75) is 23.9 Å². The Kier molecular flexibility index (Phi) is 5.58. The van der Waals surface area contributed by atoms with Gasteiger partial charge in [0.15, 0.2) is 0 Å². The molecule has 0 saturated carbocycles. The van der Waals surface area contributed by atoms with Crippen LogP contribution in [-0.4, -0.2) is 26.1 Å². The zero-order chi connectivity index (χ0) is 17.8. The summed E-state index contributed by atoms with van der Waals surface area (Å²) < 4.78 is 62.0. The molecule has 0 spiro atoms. The van der Waals surface area contributed by atoms with Crippen molar-refractivity contribution >= 4 is 21.4 Å². The first kappa shape index (κ1) is 18.4. The number of alkyl halides is 3. The molecular weight excluding hydrogens is 363 g/mol. The Labute approximate surface area is 140 Å². The molecule has 0 saturated heterocycles. The maximum absolute atomic E-state index is 12.1. The van der Waals surface area contributed by atoms with Crippen LogP contribution in [0.15, 0.2) is 35.4 Å². The molecule has 10 heteroatoms. The van der Waals surface area contributed by atoms with Crippen molar-refractivity contribution in [3.63, 3.8) is 0 Å². The smallest absolute Gasteiger partial charge is 0.248 e. The maximum atomic E-state index is 12.1. The third kappa shape index (κ3) is 5.02. The van der Waals surface area contributed by atoms with E-state index in [9.17, 15) is 21.6 Å².